The SMILES string of the molecule is CCCN1c2cc(C)c(/C=N\NC(N)=S)cc2C(C)CC1(C)C. The molecule has 0 spiro atoms. The summed E-state index contributed by atoms with van der Waals surface area (Å²) in [5, 5.41) is 4.29. The highest BCUT2D eigenvalue weighted by molar-refractivity contribution is 7.80. The summed E-state index contributed by atoms with van der Waals surface area (Å²) >= 11 is 4.78. The van der Waals surface area contributed by atoms with Crippen LogP contribution < -0.4 is 16.1 Å². The first-order chi connectivity index (χ1) is 10.8. The minimum Gasteiger partial charge on any atom is -0.375 e. The Labute approximate surface area is 145 Å². The van der Waals surface area contributed by atoms with Crippen LogP contribution in [0.1, 0.15) is 63.1 Å². The zero-order chi connectivity index (χ0) is 17.2. The molecule has 1 aliphatic rings. The molecule has 4 nitrogen and oxygen atoms in total. The van der Waals surface area contributed by atoms with E-state index >= 15 is 0 Å². The minimum absolute atomic E-state index is 0.182. The third-order valence-electron chi connectivity index (χ3n) is 4.60. The molecule has 1 heterocycles. The Bertz CT molecular complexity index is 622. The van der Waals surface area contributed by atoms with E-state index in [1.165, 1.54) is 16.8 Å². The maximum atomic E-state index is 5.41. The fourth-order valence-corrected chi connectivity index (χ4v) is 3.65. The molecule has 0 aromatic heterocycles. The molecule has 5 heteroatoms. The fourth-order valence-electron chi connectivity index (χ4n) is 3.60. The third-order valence-corrected chi connectivity index (χ3v) is 4.69. The van der Waals surface area contributed by atoms with Gasteiger partial charge in [0.05, 0.1) is 6.21 Å². The van der Waals surface area contributed by atoms with Gasteiger partial charge in [0.2, 0.25) is 0 Å². The maximum Gasteiger partial charge on any atom is 0.184 e. The highest BCUT2D eigenvalue weighted by Gasteiger charge is 2.36. The van der Waals surface area contributed by atoms with E-state index in [1.807, 2.05) is 0 Å². The van der Waals surface area contributed by atoms with Crippen molar-refractivity contribution in [2.45, 2.75) is 58.9 Å². The largest absolute Gasteiger partial charge is 0.375 e. The van der Waals surface area contributed by atoms with Gasteiger partial charge in [-0.25, -0.2) is 0 Å². The topological polar surface area (TPSA) is 53.6 Å². The zero-order valence-electron chi connectivity index (χ0n) is 14.8. The van der Waals surface area contributed by atoms with Gasteiger partial charge in [-0.2, -0.15) is 5.10 Å². The van der Waals surface area contributed by atoms with Crippen molar-refractivity contribution in [2.75, 3.05) is 11.4 Å². The van der Waals surface area contributed by atoms with E-state index in [4.69, 9.17) is 18.0 Å². The number of anilines is 1. The van der Waals surface area contributed by atoms with Crippen LogP contribution in [-0.2, 0) is 0 Å². The van der Waals surface area contributed by atoms with Crippen LogP contribution in [0.5, 0.6) is 0 Å². The quantitative estimate of drug-likeness (QED) is 0.502. The van der Waals surface area contributed by atoms with Crippen molar-refractivity contribution in [1.82, 2.24) is 5.43 Å². The molecule has 0 aliphatic carbocycles. The number of aryl methyl sites for hydroxylation is 1. The normalized spacial score (nSPS) is 19.7. The molecule has 3 N–H and O–H groups in total. The van der Waals surface area contributed by atoms with Crippen LogP contribution in [0.4, 0.5) is 5.69 Å². The monoisotopic (exact) mass is 332 g/mol. The lowest BCUT2D eigenvalue weighted by Crippen LogP contribution is -2.48. The van der Waals surface area contributed by atoms with Gasteiger partial charge in [-0.15, -0.1) is 0 Å². The van der Waals surface area contributed by atoms with Crippen molar-refractivity contribution in [3.63, 3.8) is 0 Å². The van der Waals surface area contributed by atoms with Gasteiger partial charge < -0.3 is 10.6 Å². The van der Waals surface area contributed by atoms with E-state index in [-0.39, 0.29) is 10.7 Å². The van der Waals surface area contributed by atoms with Crippen LogP contribution in [0.25, 0.3) is 0 Å². The molecule has 1 aliphatic heterocycles. The van der Waals surface area contributed by atoms with Crippen molar-refractivity contribution in [2.24, 2.45) is 10.8 Å². The van der Waals surface area contributed by atoms with Gasteiger partial charge in [-0.3, -0.25) is 5.43 Å². The second kappa shape index (κ2) is 6.87. The predicted octanol–water partition coefficient (Wildman–Crippen LogP) is 3.66. The van der Waals surface area contributed by atoms with E-state index in [1.54, 1.807) is 6.21 Å². The van der Waals surface area contributed by atoms with Crippen LogP contribution in [-0.4, -0.2) is 23.4 Å². The molecule has 0 saturated carbocycles. The molecule has 126 valence electrons. The maximum absolute atomic E-state index is 5.41. The van der Waals surface area contributed by atoms with Crippen LogP contribution in [0.3, 0.4) is 0 Å². The Balaban J connectivity index is 2.44. The molecule has 0 fully saturated rings. The lowest BCUT2D eigenvalue weighted by atomic mass is 9.79. The Hall–Kier alpha value is -1.62. The molecule has 1 unspecified atom stereocenters. The van der Waals surface area contributed by atoms with E-state index in [9.17, 15) is 0 Å². The average Bonchev–Trinajstić information content (AvgIpc) is 2.43. The zero-order valence-corrected chi connectivity index (χ0v) is 15.6. The first-order valence-electron chi connectivity index (χ1n) is 8.27. The predicted molar refractivity (Wildman–Crippen MR) is 103 cm³/mol. The second-order valence-corrected chi connectivity index (χ2v) is 7.51. The lowest BCUT2D eigenvalue weighted by Gasteiger charge is -2.48. The van der Waals surface area contributed by atoms with Gasteiger partial charge in [-0.05, 0) is 80.6 Å². The number of hydrazone groups is 1. The number of rotatable bonds is 4. The smallest absolute Gasteiger partial charge is 0.184 e. The summed E-state index contributed by atoms with van der Waals surface area (Å²) in [4.78, 5) is 2.56. The molecule has 0 amide bonds. The molecule has 1 aromatic carbocycles. The molecule has 0 radical (unpaired) electrons. The number of hydrogen-bond donors (Lipinski definition) is 2. The molecule has 2 rings (SSSR count). The van der Waals surface area contributed by atoms with Crippen LogP contribution in [0.2, 0.25) is 0 Å². The molecular weight excluding hydrogens is 304 g/mol. The van der Waals surface area contributed by atoms with E-state index in [0.29, 0.717) is 5.92 Å². The Morgan fingerprint density at radius 1 is 1.52 bits per heavy atom. The summed E-state index contributed by atoms with van der Waals surface area (Å²) in [5.41, 5.74) is 13.3. The Morgan fingerprint density at radius 3 is 2.83 bits per heavy atom. The van der Waals surface area contributed by atoms with Gasteiger partial charge in [0.15, 0.2) is 5.11 Å². The van der Waals surface area contributed by atoms with E-state index < -0.39 is 0 Å². The third kappa shape index (κ3) is 3.83. The summed E-state index contributed by atoms with van der Waals surface area (Å²) in [6.07, 6.45) is 4.10. The molecule has 0 saturated heterocycles. The van der Waals surface area contributed by atoms with E-state index in [0.717, 1.165) is 24.9 Å². The van der Waals surface area contributed by atoms with Crippen molar-refractivity contribution in [1.29, 1.82) is 0 Å². The number of benzene rings is 1. The summed E-state index contributed by atoms with van der Waals surface area (Å²) in [6.45, 7) is 12.5. The van der Waals surface area contributed by atoms with Crippen molar-refractivity contribution < 1.29 is 0 Å². The standard InChI is InChI=1S/C18H28N4S/c1-6-7-22-16-8-12(2)14(11-20-21-17(19)23)9-15(16)13(3)10-18(22,4)5/h8-9,11,13H,6-7,10H2,1-5H3,(H3,19,21,23)/b20-11-. The summed E-state index contributed by atoms with van der Waals surface area (Å²) in [5.74, 6) is 0.532. The molecular formula is C18H28N4S. The summed E-state index contributed by atoms with van der Waals surface area (Å²) in [7, 11) is 0. The van der Waals surface area contributed by atoms with Crippen LogP contribution in [0, 0.1) is 6.92 Å². The highest BCUT2D eigenvalue weighted by Crippen LogP contribution is 2.44. The fraction of sp³-hybridized carbons (Fsp3) is 0.556. The molecule has 1 aromatic rings. The highest BCUT2D eigenvalue weighted by atomic mass is 32.1. The second-order valence-electron chi connectivity index (χ2n) is 7.07. The Kier molecular flexibility index (Phi) is 5.30. The first-order valence-corrected chi connectivity index (χ1v) is 8.67. The number of nitrogens with two attached hydrogens (primary N) is 1. The van der Waals surface area contributed by atoms with Crippen LogP contribution >= 0.6 is 12.2 Å². The molecule has 23 heavy (non-hydrogen) atoms. The average molecular weight is 333 g/mol. The van der Waals surface area contributed by atoms with Crippen LogP contribution in [0.15, 0.2) is 17.2 Å². The lowest BCUT2D eigenvalue weighted by molar-refractivity contribution is 0.376. The first kappa shape index (κ1) is 17.7. The van der Waals surface area contributed by atoms with Crippen molar-refractivity contribution >= 4 is 29.2 Å². The van der Waals surface area contributed by atoms with Crippen molar-refractivity contribution in [3.05, 3.63) is 28.8 Å². The number of fused-ring (bicyclic) bond motifs is 1. The summed E-state index contributed by atoms with van der Waals surface area (Å²) in [6, 6.07) is 4.56. The molecule has 0 bridgehead atoms. The molecule has 1 atom stereocenters. The van der Waals surface area contributed by atoms with Gasteiger partial charge in [0.1, 0.15) is 0 Å². The summed E-state index contributed by atoms with van der Waals surface area (Å²) < 4.78 is 0. The Morgan fingerprint density at radius 2 is 2.22 bits per heavy atom. The van der Waals surface area contributed by atoms with Gasteiger partial charge >= 0.3 is 0 Å². The number of nitrogens with zero attached hydrogens (tertiary/aromatic N) is 2. The number of thiocarbonyl (C=S) groups is 1. The van der Waals surface area contributed by atoms with Gasteiger partial charge in [0, 0.05) is 17.8 Å². The van der Waals surface area contributed by atoms with Gasteiger partial charge in [-0.1, -0.05) is 13.8 Å². The van der Waals surface area contributed by atoms with E-state index in [2.05, 4.69) is 62.2 Å². The van der Waals surface area contributed by atoms with Gasteiger partial charge in [0.25, 0.3) is 0 Å². The number of nitrogens with one attached hydrogen (secondary N) is 1. The van der Waals surface area contributed by atoms with Crippen molar-refractivity contribution in [3.8, 4) is 0 Å². The number of hydrogen-bond acceptors (Lipinski definition) is 3. The minimum atomic E-state index is 0.182.